The molecule has 0 fully saturated rings. The summed E-state index contributed by atoms with van der Waals surface area (Å²) in [4.78, 5) is 4.42. The number of aliphatic hydroxyl groups is 1. The second-order valence-corrected chi connectivity index (χ2v) is 6.43. The Labute approximate surface area is 127 Å². The van der Waals surface area contributed by atoms with Crippen LogP contribution in [0.25, 0.3) is 0 Å². The number of hydrogen-bond acceptors (Lipinski definition) is 4. The van der Waals surface area contributed by atoms with Crippen molar-refractivity contribution in [2.24, 2.45) is 0 Å². The number of hydrogen-bond donors (Lipinski definition) is 1. The van der Waals surface area contributed by atoms with Gasteiger partial charge in [0.2, 0.25) is 0 Å². The fraction of sp³-hybridized carbons (Fsp3) is 0.688. The Morgan fingerprint density at radius 1 is 1.43 bits per heavy atom. The van der Waals surface area contributed by atoms with Gasteiger partial charge in [-0.15, -0.1) is 0 Å². The van der Waals surface area contributed by atoms with E-state index in [9.17, 15) is 5.11 Å². The number of allylic oxidation sites excluding steroid dienone is 1. The van der Waals surface area contributed by atoms with Gasteiger partial charge in [0.1, 0.15) is 6.10 Å². The van der Waals surface area contributed by atoms with E-state index in [1.165, 1.54) is 11.3 Å². The van der Waals surface area contributed by atoms with E-state index in [-0.39, 0.29) is 0 Å². The van der Waals surface area contributed by atoms with Crippen LogP contribution in [0.2, 0.25) is 0 Å². The summed E-state index contributed by atoms with van der Waals surface area (Å²) in [5, 5.41) is 14.8. The first-order valence-electron chi connectivity index (χ1n) is 7.71. The normalized spacial score (nSPS) is 17.4. The van der Waals surface area contributed by atoms with Crippen LogP contribution in [0.5, 0.6) is 0 Å². The second kappa shape index (κ2) is 7.20. The fourth-order valence-corrected chi connectivity index (χ4v) is 2.62. The molecule has 5 heteroatoms. The zero-order valence-corrected chi connectivity index (χ0v) is 13.7. The first kappa shape index (κ1) is 16.2. The summed E-state index contributed by atoms with van der Waals surface area (Å²) in [6, 6.07) is 2.06. The average Bonchev–Trinajstić information content (AvgIpc) is 2.69. The molecule has 0 saturated heterocycles. The van der Waals surface area contributed by atoms with Crippen molar-refractivity contribution < 1.29 is 5.11 Å². The van der Waals surface area contributed by atoms with Gasteiger partial charge in [-0.1, -0.05) is 11.6 Å². The Morgan fingerprint density at radius 3 is 2.86 bits per heavy atom. The van der Waals surface area contributed by atoms with Gasteiger partial charge in [-0.3, -0.25) is 9.58 Å². The molecule has 0 saturated carbocycles. The summed E-state index contributed by atoms with van der Waals surface area (Å²) in [6.45, 7) is 8.82. The van der Waals surface area contributed by atoms with Crippen molar-refractivity contribution in [2.45, 2.75) is 39.5 Å². The molecule has 0 unspecified atom stereocenters. The molecule has 0 spiro atoms. The second-order valence-electron chi connectivity index (χ2n) is 6.43. The van der Waals surface area contributed by atoms with Crippen LogP contribution in [0, 0.1) is 0 Å². The Morgan fingerprint density at radius 2 is 2.19 bits per heavy atom. The summed E-state index contributed by atoms with van der Waals surface area (Å²) in [7, 11) is 3.93. The molecule has 0 radical (unpaired) electrons. The third-order valence-corrected chi connectivity index (χ3v) is 3.75. The summed E-state index contributed by atoms with van der Waals surface area (Å²) >= 11 is 0. The molecule has 2 heterocycles. The van der Waals surface area contributed by atoms with Crippen LogP contribution in [0.3, 0.4) is 0 Å². The summed E-state index contributed by atoms with van der Waals surface area (Å²) in [6.07, 6.45) is 2.87. The summed E-state index contributed by atoms with van der Waals surface area (Å²) in [5.41, 5.74) is 3.36. The molecule has 1 N–H and O–H groups in total. The molecule has 5 nitrogen and oxygen atoms in total. The topological polar surface area (TPSA) is 44.5 Å². The smallest absolute Gasteiger partial charge is 0.110 e. The molecule has 2 rings (SSSR count). The first-order chi connectivity index (χ1) is 9.95. The predicted molar refractivity (Wildman–Crippen MR) is 85.1 cm³/mol. The van der Waals surface area contributed by atoms with Crippen LogP contribution in [0.1, 0.15) is 37.8 Å². The number of aliphatic hydroxyl groups excluding tert-OH is 1. The van der Waals surface area contributed by atoms with E-state index < -0.39 is 6.10 Å². The molecule has 1 aromatic heterocycles. The van der Waals surface area contributed by atoms with E-state index in [4.69, 9.17) is 0 Å². The maximum Gasteiger partial charge on any atom is 0.110 e. The van der Waals surface area contributed by atoms with E-state index in [0.717, 1.165) is 38.3 Å². The van der Waals surface area contributed by atoms with E-state index in [1.807, 2.05) is 19.0 Å². The standard InChI is InChI=1S/C16H28N4O/c1-13(2)6-9-19-7-5-8-20-14(11-19)10-15(17-20)16(21)12-18(3)4/h6,10,16,21H,5,7-9,11-12H2,1-4H3/t16-/m1/s1. The lowest BCUT2D eigenvalue weighted by Gasteiger charge is -2.17. The number of rotatable bonds is 5. The van der Waals surface area contributed by atoms with Crippen LogP contribution >= 0.6 is 0 Å². The van der Waals surface area contributed by atoms with Crippen LogP contribution in [0.15, 0.2) is 17.7 Å². The molecule has 21 heavy (non-hydrogen) atoms. The Balaban J connectivity index is 2.07. The maximum atomic E-state index is 10.2. The predicted octanol–water partition coefficient (Wildman–Crippen LogP) is 1.65. The van der Waals surface area contributed by atoms with Crippen molar-refractivity contribution in [3.63, 3.8) is 0 Å². The molecule has 0 amide bonds. The van der Waals surface area contributed by atoms with Gasteiger partial charge in [0, 0.05) is 32.7 Å². The van der Waals surface area contributed by atoms with Crippen LogP contribution in [-0.2, 0) is 13.1 Å². The van der Waals surface area contributed by atoms with Gasteiger partial charge in [0.15, 0.2) is 0 Å². The van der Waals surface area contributed by atoms with Gasteiger partial charge < -0.3 is 10.0 Å². The van der Waals surface area contributed by atoms with Crippen molar-refractivity contribution >= 4 is 0 Å². The number of aromatic nitrogens is 2. The van der Waals surface area contributed by atoms with Crippen LogP contribution in [-0.4, -0.2) is 58.4 Å². The summed E-state index contributed by atoms with van der Waals surface area (Å²) in [5.74, 6) is 0. The largest absolute Gasteiger partial charge is 0.385 e. The fourth-order valence-electron chi connectivity index (χ4n) is 2.62. The zero-order chi connectivity index (χ0) is 15.4. The number of likely N-dealkylation sites (N-methyl/N-ethyl adjacent to an activating group) is 1. The van der Waals surface area contributed by atoms with Crippen molar-refractivity contribution in [1.29, 1.82) is 0 Å². The monoisotopic (exact) mass is 292 g/mol. The molecule has 1 aliphatic heterocycles. The highest BCUT2D eigenvalue weighted by Crippen LogP contribution is 2.18. The molecular weight excluding hydrogens is 264 g/mol. The van der Waals surface area contributed by atoms with Crippen molar-refractivity contribution in [3.8, 4) is 0 Å². The minimum Gasteiger partial charge on any atom is -0.385 e. The Kier molecular flexibility index (Phi) is 5.56. The van der Waals surface area contributed by atoms with Gasteiger partial charge in [-0.2, -0.15) is 5.10 Å². The number of aryl methyl sites for hydroxylation is 1. The quantitative estimate of drug-likeness (QED) is 0.838. The first-order valence-corrected chi connectivity index (χ1v) is 7.71. The maximum absolute atomic E-state index is 10.2. The highest BCUT2D eigenvalue weighted by Gasteiger charge is 2.19. The molecule has 118 valence electrons. The van der Waals surface area contributed by atoms with Crippen LogP contribution < -0.4 is 0 Å². The van der Waals surface area contributed by atoms with Crippen molar-refractivity contribution in [1.82, 2.24) is 19.6 Å². The Bertz CT molecular complexity index is 488. The zero-order valence-electron chi connectivity index (χ0n) is 13.7. The lowest BCUT2D eigenvalue weighted by atomic mass is 10.2. The lowest BCUT2D eigenvalue weighted by Crippen LogP contribution is -2.23. The van der Waals surface area contributed by atoms with Gasteiger partial charge >= 0.3 is 0 Å². The van der Waals surface area contributed by atoms with Gasteiger partial charge in [0.25, 0.3) is 0 Å². The molecule has 1 aliphatic rings. The lowest BCUT2D eigenvalue weighted by molar-refractivity contribution is 0.133. The van der Waals surface area contributed by atoms with Crippen LogP contribution in [0.4, 0.5) is 0 Å². The molecule has 0 aliphatic carbocycles. The third-order valence-electron chi connectivity index (χ3n) is 3.75. The highest BCUT2D eigenvalue weighted by atomic mass is 16.3. The molecule has 0 bridgehead atoms. The summed E-state index contributed by atoms with van der Waals surface area (Å²) < 4.78 is 2.07. The van der Waals surface area contributed by atoms with Gasteiger partial charge in [0.05, 0.1) is 11.4 Å². The molecule has 1 atom stereocenters. The van der Waals surface area contributed by atoms with E-state index in [0.29, 0.717) is 6.54 Å². The number of nitrogens with zero attached hydrogens (tertiary/aromatic N) is 4. The van der Waals surface area contributed by atoms with Gasteiger partial charge in [-0.25, -0.2) is 0 Å². The molecule has 0 aromatic carbocycles. The average molecular weight is 292 g/mol. The SMILES string of the molecule is CC(C)=CCN1CCCn2nc([C@H](O)CN(C)C)cc2C1. The molecular formula is C16H28N4O. The molecule has 1 aromatic rings. The van der Waals surface area contributed by atoms with E-state index >= 15 is 0 Å². The van der Waals surface area contributed by atoms with Gasteiger partial charge in [-0.05, 0) is 40.4 Å². The van der Waals surface area contributed by atoms with E-state index in [2.05, 4.69) is 40.7 Å². The van der Waals surface area contributed by atoms with Crippen molar-refractivity contribution in [3.05, 3.63) is 29.1 Å². The van der Waals surface area contributed by atoms with E-state index in [1.54, 1.807) is 0 Å². The number of fused-ring (bicyclic) bond motifs is 1. The highest BCUT2D eigenvalue weighted by molar-refractivity contribution is 5.14. The minimum atomic E-state index is -0.509. The third kappa shape index (κ3) is 4.66. The minimum absolute atomic E-state index is 0.509. The van der Waals surface area contributed by atoms with Crippen molar-refractivity contribution in [2.75, 3.05) is 33.7 Å². The Hall–Kier alpha value is -1.17.